The number of nitrogens with zero attached hydrogens (tertiary/aromatic N) is 1. The molecule has 0 bridgehead atoms. The van der Waals surface area contributed by atoms with Gasteiger partial charge in [-0.3, -0.25) is 9.69 Å². The summed E-state index contributed by atoms with van der Waals surface area (Å²) in [7, 11) is 0. The van der Waals surface area contributed by atoms with Crippen molar-refractivity contribution in [3.05, 3.63) is 70.8 Å². The molecular weight excluding hydrogens is 413 g/mol. The van der Waals surface area contributed by atoms with E-state index in [2.05, 4.69) is 41.4 Å². The summed E-state index contributed by atoms with van der Waals surface area (Å²) in [6, 6.07) is 13.5. The van der Waals surface area contributed by atoms with Gasteiger partial charge in [0.1, 0.15) is 0 Å². The second kappa shape index (κ2) is 7.62. The molecule has 0 radical (unpaired) electrons. The van der Waals surface area contributed by atoms with Crippen LogP contribution >= 0.6 is 0 Å². The quantitative estimate of drug-likeness (QED) is 0.657. The first kappa shape index (κ1) is 21.5. The monoisotopic (exact) mass is 442 g/mol. The van der Waals surface area contributed by atoms with Crippen LogP contribution in [0.5, 0.6) is 0 Å². The molecule has 0 unspecified atom stereocenters. The van der Waals surface area contributed by atoms with Crippen LogP contribution in [0.25, 0.3) is 0 Å². The average molecular weight is 443 g/mol. The second-order valence-electron chi connectivity index (χ2n) is 10.1. The Bertz CT molecular complexity index is 989. The molecule has 1 N–H and O–H groups in total. The third kappa shape index (κ3) is 4.29. The van der Waals surface area contributed by atoms with E-state index in [1.165, 1.54) is 30.5 Å². The molecule has 1 aliphatic heterocycles. The number of hydrogen-bond acceptors (Lipinski definition) is 2. The molecule has 2 aromatic rings. The van der Waals surface area contributed by atoms with Gasteiger partial charge in [0, 0.05) is 6.54 Å². The summed E-state index contributed by atoms with van der Waals surface area (Å²) in [4.78, 5) is 15.7. The van der Waals surface area contributed by atoms with Crippen LogP contribution in [0.2, 0.25) is 0 Å². The van der Waals surface area contributed by atoms with Gasteiger partial charge in [0.25, 0.3) is 0 Å². The molecule has 1 spiro atoms. The Morgan fingerprint density at radius 3 is 2.22 bits per heavy atom. The number of piperidine rings is 1. The van der Waals surface area contributed by atoms with Gasteiger partial charge in [-0.05, 0) is 80.7 Å². The molecule has 5 rings (SSSR count). The fraction of sp³-hybridized carbons (Fsp3) is 0.500. The fourth-order valence-electron chi connectivity index (χ4n) is 5.09. The van der Waals surface area contributed by atoms with Crippen LogP contribution in [0.3, 0.4) is 0 Å². The van der Waals surface area contributed by atoms with Gasteiger partial charge in [0.05, 0.1) is 17.1 Å². The van der Waals surface area contributed by atoms with Crippen molar-refractivity contribution in [3.63, 3.8) is 0 Å². The molecule has 2 aromatic carbocycles. The minimum absolute atomic E-state index is 0.0564. The highest BCUT2D eigenvalue weighted by molar-refractivity contribution is 5.83. The van der Waals surface area contributed by atoms with Crippen molar-refractivity contribution in [1.82, 2.24) is 10.2 Å². The van der Waals surface area contributed by atoms with Crippen LogP contribution in [0.1, 0.15) is 60.8 Å². The summed E-state index contributed by atoms with van der Waals surface area (Å²) in [5.41, 5.74) is 2.55. The number of alkyl halides is 3. The molecule has 32 heavy (non-hydrogen) atoms. The van der Waals surface area contributed by atoms with Crippen molar-refractivity contribution in [1.29, 1.82) is 0 Å². The first-order chi connectivity index (χ1) is 15.2. The van der Waals surface area contributed by atoms with Gasteiger partial charge in [0.2, 0.25) is 5.91 Å². The second-order valence-corrected chi connectivity index (χ2v) is 10.1. The zero-order valence-corrected chi connectivity index (χ0v) is 18.3. The lowest BCUT2D eigenvalue weighted by molar-refractivity contribution is -0.137. The van der Waals surface area contributed by atoms with Gasteiger partial charge < -0.3 is 5.32 Å². The zero-order valence-electron chi connectivity index (χ0n) is 18.3. The van der Waals surface area contributed by atoms with Crippen LogP contribution in [0.4, 0.5) is 13.2 Å². The maximum absolute atomic E-state index is 13.5. The Kier molecular flexibility index (Phi) is 5.12. The number of carbonyl (C=O) groups is 1. The topological polar surface area (TPSA) is 32.3 Å². The molecule has 0 aromatic heterocycles. The normalized spacial score (nSPS) is 23.7. The van der Waals surface area contributed by atoms with Gasteiger partial charge in [-0.1, -0.05) is 42.0 Å². The molecule has 3 aliphatic rings. The first-order valence-electron chi connectivity index (χ1n) is 11.5. The van der Waals surface area contributed by atoms with Gasteiger partial charge in [-0.15, -0.1) is 0 Å². The molecule has 1 atom stereocenters. The van der Waals surface area contributed by atoms with E-state index in [1.807, 2.05) is 0 Å². The highest BCUT2D eigenvalue weighted by atomic mass is 19.4. The SMILES string of the molecule is Cc1ccc(C2(NC(=O)[C@H]3CC4(CCN3Cc3ccc(C(F)(F)F)cc3)CC4)CC2)cc1. The summed E-state index contributed by atoms with van der Waals surface area (Å²) in [5, 5.41) is 3.35. The summed E-state index contributed by atoms with van der Waals surface area (Å²) in [6.45, 7) is 3.35. The smallest absolute Gasteiger partial charge is 0.345 e. The molecule has 3 fully saturated rings. The fourth-order valence-corrected chi connectivity index (χ4v) is 5.09. The van der Waals surface area contributed by atoms with Gasteiger partial charge >= 0.3 is 6.18 Å². The van der Waals surface area contributed by atoms with E-state index in [1.54, 1.807) is 0 Å². The Labute approximate surface area is 187 Å². The van der Waals surface area contributed by atoms with Crippen molar-refractivity contribution in [3.8, 4) is 0 Å². The minimum atomic E-state index is -4.33. The molecule has 6 heteroatoms. The highest BCUT2D eigenvalue weighted by Gasteiger charge is 2.52. The predicted molar refractivity (Wildman–Crippen MR) is 117 cm³/mol. The van der Waals surface area contributed by atoms with Crippen molar-refractivity contribution in [2.24, 2.45) is 5.41 Å². The highest BCUT2D eigenvalue weighted by Crippen LogP contribution is 2.55. The standard InChI is InChI=1S/C26H29F3N2O/c1-18-2-6-20(7-3-18)25(12-13-25)30-23(32)22-16-24(10-11-24)14-15-31(22)17-19-4-8-21(9-5-19)26(27,28)29/h2-9,22H,10-17H2,1H3,(H,30,32)/t22-/m1/s1. The van der Waals surface area contributed by atoms with E-state index in [4.69, 9.17) is 0 Å². The van der Waals surface area contributed by atoms with Crippen molar-refractivity contribution in [2.45, 2.75) is 69.8 Å². The number of nitrogens with one attached hydrogen (secondary N) is 1. The third-order valence-electron chi connectivity index (χ3n) is 7.64. The van der Waals surface area contributed by atoms with Gasteiger partial charge in [-0.25, -0.2) is 0 Å². The molecule has 1 amide bonds. The Balaban J connectivity index is 1.32. The summed E-state index contributed by atoms with van der Waals surface area (Å²) >= 11 is 0. The summed E-state index contributed by atoms with van der Waals surface area (Å²) < 4.78 is 38.7. The van der Waals surface area contributed by atoms with E-state index >= 15 is 0 Å². The van der Waals surface area contributed by atoms with Gasteiger partial charge in [0.15, 0.2) is 0 Å². The number of amides is 1. The van der Waals surface area contributed by atoms with Crippen LogP contribution in [0, 0.1) is 12.3 Å². The number of halogens is 3. The largest absolute Gasteiger partial charge is 0.416 e. The molecule has 1 heterocycles. The molecule has 1 saturated heterocycles. The van der Waals surface area contributed by atoms with E-state index in [-0.39, 0.29) is 17.5 Å². The molecular formula is C26H29F3N2O. The van der Waals surface area contributed by atoms with Crippen LogP contribution in [-0.2, 0) is 23.1 Å². The number of aryl methyl sites for hydroxylation is 1. The summed E-state index contributed by atoms with van der Waals surface area (Å²) in [6.07, 6.45) is 1.79. The third-order valence-corrected chi connectivity index (χ3v) is 7.64. The van der Waals surface area contributed by atoms with Crippen molar-refractivity contribution >= 4 is 5.91 Å². The number of carbonyl (C=O) groups excluding carboxylic acids is 1. The van der Waals surface area contributed by atoms with E-state index < -0.39 is 11.7 Å². The number of rotatable bonds is 5. The van der Waals surface area contributed by atoms with E-state index in [0.717, 1.165) is 55.5 Å². The Morgan fingerprint density at radius 1 is 1.00 bits per heavy atom. The Morgan fingerprint density at radius 2 is 1.66 bits per heavy atom. The van der Waals surface area contributed by atoms with Crippen molar-refractivity contribution in [2.75, 3.05) is 6.54 Å². The van der Waals surface area contributed by atoms with Crippen LogP contribution in [-0.4, -0.2) is 23.4 Å². The van der Waals surface area contributed by atoms with Crippen LogP contribution < -0.4 is 5.32 Å². The molecule has 170 valence electrons. The number of hydrogen-bond donors (Lipinski definition) is 1. The number of likely N-dealkylation sites (tertiary alicyclic amines) is 1. The molecule has 2 saturated carbocycles. The van der Waals surface area contributed by atoms with E-state index in [9.17, 15) is 18.0 Å². The molecule has 2 aliphatic carbocycles. The summed E-state index contributed by atoms with van der Waals surface area (Å²) in [5.74, 6) is 0.0564. The predicted octanol–water partition coefficient (Wildman–Crippen LogP) is 5.56. The van der Waals surface area contributed by atoms with E-state index in [0.29, 0.717) is 12.0 Å². The lowest BCUT2D eigenvalue weighted by Crippen LogP contribution is -2.53. The first-order valence-corrected chi connectivity index (χ1v) is 11.5. The van der Waals surface area contributed by atoms with Crippen molar-refractivity contribution < 1.29 is 18.0 Å². The zero-order chi connectivity index (χ0) is 22.6. The Hall–Kier alpha value is -2.34. The average Bonchev–Trinajstić information content (AvgIpc) is 3.68. The lowest BCUT2D eigenvalue weighted by Gasteiger charge is -2.39. The number of benzene rings is 2. The van der Waals surface area contributed by atoms with Gasteiger partial charge in [-0.2, -0.15) is 13.2 Å². The lowest BCUT2D eigenvalue weighted by atomic mass is 9.86. The van der Waals surface area contributed by atoms with Crippen LogP contribution in [0.15, 0.2) is 48.5 Å². The maximum Gasteiger partial charge on any atom is 0.416 e. The maximum atomic E-state index is 13.5. The minimum Gasteiger partial charge on any atom is -0.345 e. The molecule has 3 nitrogen and oxygen atoms in total.